The van der Waals surface area contributed by atoms with Crippen LogP contribution in [0.5, 0.6) is 0 Å². The number of aromatic nitrogens is 1. The molecule has 1 aliphatic heterocycles. The zero-order chi connectivity index (χ0) is 16.5. The summed E-state index contributed by atoms with van der Waals surface area (Å²) in [5.41, 5.74) is 1.80. The molecule has 0 unspecified atom stereocenters. The molecule has 2 fully saturated rings. The van der Waals surface area contributed by atoms with Gasteiger partial charge >= 0.3 is 0 Å². The van der Waals surface area contributed by atoms with Crippen LogP contribution in [-0.2, 0) is 0 Å². The third kappa shape index (κ3) is 2.85. The lowest BCUT2D eigenvalue weighted by atomic mass is 9.87. The van der Waals surface area contributed by atoms with Crippen LogP contribution in [0, 0.1) is 0 Å². The fourth-order valence-corrected chi connectivity index (χ4v) is 3.99. The molecular weight excluding hydrogens is 300 g/mol. The summed E-state index contributed by atoms with van der Waals surface area (Å²) in [6.07, 6.45) is 5.46. The highest BCUT2D eigenvalue weighted by atomic mass is 16.5. The van der Waals surface area contributed by atoms with Gasteiger partial charge in [-0.25, -0.2) is 0 Å². The van der Waals surface area contributed by atoms with Crippen LogP contribution in [0.25, 0.3) is 0 Å². The zero-order valence-corrected chi connectivity index (χ0v) is 14.1. The van der Waals surface area contributed by atoms with Gasteiger partial charge in [-0.15, -0.1) is 0 Å². The number of nitrogens with zero attached hydrogens (tertiary/aromatic N) is 2. The van der Waals surface area contributed by atoms with Gasteiger partial charge in [-0.2, -0.15) is 0 Å². The molecule has 0 N–H and O–H groups in total. The largest absolute Gasteiger partial charge is 0.360 e. The van der Waals surface area contributed by atoms with E-state index < -0.39 is 0 Å². The Kier molecular flexibility index (Phi) is 4.13. The van der Waals surface area contributed by atoms with E-state index in [1.165, 1.54) is 5.56 Å². The highest BCUT2D eigenvalue weighted by Crippen LogP contribution is 2.40. The maximum absolute atomic E-state index is 13.0. The zero-order valence-electron chi connectivity index (χ0n) is 14.1. The summed E-state index contributed by atoms with van der Waals surface area (Å²) in [5.74, 6) is 1.78. The predicted octanol–water partition coefficient (Wildman–Crippen LogP) is 4.35. The number of benzene rings is 1. The third-order valence-corrected chi connectivity index (χ3v) is 5.42. The first kappa shape index (κ1) is 15.4. The average Bonchev–Trinajstić information content (AvgIpc) is 3.16. The summed E-state index contributed by atoms with van der Waals surface area (Å²) in [4.78, 5) is 15.0. The summed E-state index contributed by atoms with van der Waals surface area (Å²) in [6, 6.07) is 12.7. The lowest BCUT2D eigenvalue weighted by molar-refractivity contribution is 0.0704. The Bertz CT molecular complexity index is 705. The summed E-state index contributed by atoms with van der Waals surface area (Å²) < 4.78 is 5.38. The number of carbonyl (C=O) groups is 1. The molecule has 4 heteroatoms. The second-order valence-electron chi connectivity index (χ2n) is 7.02. The van der Waals surface area contributed by atoms with Crippen molar-refractivity contribution in [2.24, 2.45) is 0 Å². The molecule has 2 aromatic rings. The minimum absolute atomic E-state index is 0.0301. The lowest BCUT2D eigenvalue weighted by Crippen LogP contribution is -2.39. The Morgan fingerprint density at radius 3 is 2.79 bits per heavy atom. The maximum atomic E-state index is 13.0. The molecule has 0 bridgehead atoms. The normalized spacial score (nSPS) is 21.9. The molecule has 2 atom stereocenters. The Morgan fingerprint density at radius 2 is 2.08 bits per heavy atom. The van der Waals surface area contributed by atoms with Crippen molar-refractivity contribution in [3.05, 3.63) is 53.4 Å². The molecule has 1 aliphatic carbocycles. The van der Waals surface area contributed by atoms with Crippen molar-refractivity contribution in [1.82, 2.24) is 10.1 Å². The van der Waals surface area contributed by atoms with Crippen LogP contribution in [0.3, 0.4) is 0 Å². The number of amides is 1. The fourth-order valence-electron chi connectivity index (χ4n) is 3.99. The predicted molar refractivity (Wildman–Crippen MR) is 92.0 cm³/mol. The van der Waals surface area contributed by atoms with E-state index in [-0.39, 0.29) is 11.9 Å². The van der Waals surface area contributed by atoms with Gasteiger partial charge in [0.05, 0.1) is 0 Å². The standard InChI is InChI=1S/C20H24N2O2/c1-2-16(14-7-4-3-5-8-14)18-9-6-12-22(18)20(23)17-13-19(24-21-17)15-10-11-15/h3-5,7-8,13,15-16,18H,2,6,9-12H2,1H3/t16-,18-/m0/s1. The lowest BCUT2D eigenvalue weighted by Gasteiger charge is -2.31. The summed E-state index contributed by atoms with van der Waals surface area (Å²) in [7, 11) is 0. The van der Waals surface area contributed by atoms with Crippen LogP contribution >= 0.6 is 0 Å². The van der Waals surface area contributed by atoms with Crippen molar-refractivity contribution in [3.8, 4) is 0 Å². The second-order valence-corrected chi connectivity index (χ2v) is 7.02. The first-order chi connectivity index (χ1) is 11.8. The van der Waals surface area contributed by atoms with Crippen molar-refractivity contribution in [1.29, 1.82) is 0 Å². The first-order valence-corrected chi connectivity index (χ1v) is 9.10. The van der Waals surface area contributed by atoms with Crippen molar-refractivity contribution >= 4 is 5.91 Å². The molecule has 4 nitrogen and oxygen atoms in total. The highest BCUT2D eigenvalue weighted by Gasteiger charge is 2.37. The van der Waals surface area contributed by atoms with E-state index in [1.807, 2.05) is 17.0 Å². The van der Waals surface area contributed by atoms with Crippen LogP contribution in [0.15, 0.2) is 40.9 Å². The molecule has 1 saturated carbocycles. The van der Waals surface area contributed by atoms with Crippen LogP contribution in [-0.4, -0.2) is 28.6 Å². The molecule has 24 heavy (non-hydrogen) atoms. The van der Waals surface area contributed by atoms with Crippen molar-refractivity contribution < 1.29 is 9.32 Å². The fraction of sp³-hybridized carbons (Fsp3) is 0.500. The van der Waals surface area contributed by atoms with Gasteiger partial charge in [-0.3, -0.25) is 4.79 Å². The first-order valence-electron chi connectivity index (χ1n) is 9.10. The monoisotopic (exact) mass is 324 g/mol. The smallest absolute Gasteiger partial charge is 0.276 e. The summed E-state index contributed by atoms with van der Waals surface area (Å²) in [5, 5.41) is 4.05. The van der Waals surface area contributed by atoms with Crippen LogP contribution in [0.2, 0.25) is 0 Å². The molecular formula is C20H24N2O2. The topological polar surface area (TPSA) is 46.3 Å². The number of rotatable bonds is 5. The van der Waals surface area contributed by atoms with Gasteiger partial charge in [0.2, 0.25) is 0 Å². The Labute approximate surface area is 142 Å². The van der Waals surface area contributed by atoms with Gasteiger partial charge in [0.1, 0.15) is 5.76 Å². The van der Waals surface area contributed by atoms with Gasteiger partial charge in [0, 0.05) is 30.5 Å². The van der Waals surface area contributed by atoms with Gasteiger partial charge in [-0.05, 0) is 37.7 Å². The SMILES string of the molecule is CC[C@@H](c1ccccc1)[C@@H]1CCCN1C(=O)c1cc(C2CC2)on1. The average molecular weight is 324 g/mol. The quantitative estimate of drug-likeness (QED) is 0.821. The van der Waals surface area contributed by atoms with Crippen molar-refractivity contribution in [2.45, 2.75) is 56.9 Å². The molecule has 126 valence electrons. The second kappa shape index (κ2) is 6.42. The molecule has 1 aromatic carbocycles. The van der Waals surface area contributed by atoms with Crippen LogP contribution in [0.4, 0.5) is 0 Å². The molecule has 0 radical (unpaired) electrons. The van der Waals surface area contributed by atoms with E-state index in [4.69, 9.17) is 4.52 Å². The van der Waals surface area contributed by atoms with Crippen molar-refractivity contribution in [2.75, 3.05) is 6.54 Å². The molecule has 1 saturated heterocycles. The third-order valence-electron chi connectivity index (χ3n) is 5.42. The molecule has 2 heterocycles. The summed E-state index contributed by atoms with van der Waals surface area (Å²) >= 11 is 0. The minimum atomic E-state index is 0.0301. The Hall–Kier alpha value is -2.10. The van der Waals surface area contributed by atoms with E-state index in [0.717, 1.165) is 44.4 Å². The molecule has 1 amide bonds. The number of hydrogen-bond acceptors (Lipinski definition) is 3. The minimum Gasteiger partial charge on any atom is -0.360 e. The highest BCUT2D eigenvalue weighted by molar-refractivity contribution is 5.92. The van der Waals surface area contributed by atoms with Gasteiger partial charge in [0.25, 0.3) is 5.91 Å². The van der Waals surface area contributed by atoms with Gasteiger partial charge < -0.3 is 9.42 Å². The molecule has 4 rings (SSSR count). The van der Waals surface area contributed by atoms with Crippen molar-refractivity contribution in [3.63, 3.8) is 0 Å². The van der Waals surface area contributed by atoms with E-state index in [0.29, 0.717) is 17.5 Å². The summed E-state index contributed by atoms with van der Waals surface area (Å²) in [6.45, 7) is 3.03. The molecule has 2 aliphatic rings. The number of carbonyl (C=O) groups excluding carboxylic acids is 1. The number of hydrogen-bond donors (Lipinski definition) is 0. The Morgan fingerprint density at radius 1 is 1.29 bits per heavy atom. The van der Waals surface area contributed by atoms with Crippen LogP contribution in [0.1, 0.15) is 72.7 Å². The van der Waals surface area contributed by atoms with E-state index in [2.05, 4.69) is 36.3 Å². The van der Waals surface area contributed by atoms with E-state index in [9.17, 15) is 4.79 Å². The van der Waals surface area contributed by atoms with E-state index >= 15 is 0 Å². The maximum Gasteiger partial charge on any atom is 0.276 e. The van der Waals surface area contributed by atoms with Gasteiger partial charge in [-0.1, -0.05) is 42.4 Å². The Balaban J connectivity index is 1.55. The molecule has 1 aromatic heterocycles. The number of likely N-dealkylation sites (tertiary alicyclic amines) is 1. The van der Waals surface area contributed by atoms with E-state index in [1.54, 1.807) is 0 Å². The molecule has 0 spiro atoms. The van der Waals surface area contributed by atoms with Gasteiger partial charge in [0.15, 0.2) is 5.69 Å². The van der Waals surface area contributed by atoms with Crippen LogP contribution < -0.4 is 0 Å².